The summed E-state index contributed by atoms with van der Waals surface area (Å²) in [6.07, 6.45) is 10.3. The Morgan fingerprint density at radius 1 is 1.13 bits per heavy atom. The van der Waals surface area contributed by atoms with Gasteiger partial charge in [-0.3, -0.25) is 0 Å². The first-order valence-electron chi connectivity index (χ1n) is 9.44. The molecular weight excluding hydrogens is 280 g/mol. The second kappa shape index (κ2) is 9.12. The molecule has 23 heavy (non-hydrogen) atoms. The molecule has 1 aliphatic rings. The van der Waals surface area contributed by atoms with E-state index in [2.05, 4.69) is 44.0 Å². The lowest BCUT2D eigenvalue weighted by atomic mass is 9.73. The topological polar surface area (TPSA) is 41.8 Å². The molecule has 0 aliphatic heterocycles. The predicted octanol–water partition coefficient (Wildman–Crippen LogP) is 5.53. The van der Waals surface area contributed by atoms with E-state index >= 15 is 0 Å². The number of fused-ring (bicyclic) bond motifs is 1. The summed E-state index contributed by atoms with van der Waals surface area (Å²) >= 11 is 0. The lowest BCUT2D eigenvalue weighted by Gasteiger charge is -2.33. The Hall–Kier alpha value is -1.28. The van der Waals surface area contributed by atoms with Crippen LogP contribution in [0.2, 0.25) is 0 Å². The number of aromatic amines is 1. The SMILES string of the molecule is CCC1CCC(C)C(CC)C1.NCCc1c[nH]c2ccccc12. The zero-order valence-electron chi connectivity index (χ0n) is 15.1. The van der Waals surface area contributed by atoms with Crippen molar-refractivity contribution in [3.05, 3.63) is 36.0 Å². The van der Waals surface area contributed by atoms with E-state index in [-0.39, 0.29) is 0 Å². The molecule has 3 atom stereocenters. The number of hydrogen-bond acceptors (Lipinski definition) is 1. The molecule has 0 radical (unpaired) electrons. The highest BCUT2D eigenvalue weighted by Crippen LogP contribution is 2.36. The molecule has 1 fully saturated rings. The molecule has 1 saturated carbocycles. The van der Waals surface area contributed by atoms with Crippen LogP contribution in [-0.4, -0.2) is 11.5 Å². The minimum absolute atomic E-state index is 0.710. The smallest absolute Gasteiger partial charge is 0.0456 e. The van der Waals surface area contributed by atoms with Crippen LogP contribution in [0.1, 0.15) is 58.4 Å². The summed E-state index contributed by atoms with van der Waals surface area (Å²) in [5, 5.41) is 1.29. The van der Waals surface area contributed by atoms with Gasteiger partial charge in [0.2, 0.25) is 0 Å². The highest BCUT2D eigenvalue weighted by molar-refractivity contribution is 5.82. The third kappa shape index (κ3) is 4.84. The van der Waals surface area contributed by atoms with Gasteiger partial charge in [-0.15, -0.1) is 0 Å². The lowest BCUT2D eigenvalue weighted by Crippen LogP contribution is -2.21. The maximum Gasteiger partial charge on any atom is 0.0456 e. The molecule has 0 spiro atoms. The first-order chi connectivity index (χ1) is 11.2. The van der Waals surface area contributed by atoms with Crippen molar-refractivity contribution >= 4 is 10.9 Å². The first-order valence-corrected chi connectivity index (χ1v) is 9.44. The number of hydrogen-bond donors (Lipinski definition) is 2. The molecule has 3 unspecified atom stereocenters. The van der Waals surface area contributed by atoms with Crippen molar-refractivity contribution in [2.45, 2.75) is 59.3 Å². The molecule has 128 valence electrons. The zero-order chi connectivity index (χ0) is 16.7. The van der Waals surface area contributed by atoms with Crippen molar-refractivity contribution in [3.8, 4) is 0 Å². The van der Waals surface area contributed by atoms with E-state index < -0.39 is 0 Å². The first kappa shape index (κ1) is 18.1. The molecule has 0 saturated heterocycles. The fourth-order valence-corrected chi connectivity index (χ4v) is 3.95. The molecular formula is C21H34N2. The van der Waals surface area contributed by atoms with E-state index in [0.717, 1.165) is 24.2 Å². The summed E-state index contributed by atoms with van der Waals surface area (Å²) in [7, 11) is 0. The standard InChI is InChI=1S/C11H22.C10H12N2/c1-4-10-7-6-9(3)11(5-2)8-10;11-6-5-8-7-12-10-4-2-1-3-9(8)10/h9-11H,4-8H2,1-3H3;1-4,7,12H,5-6,11H2. The number of rotatable bonds is 4. The Kier molecular flexibility index (Phi) is 7.16. The number of para-hydroxylation sites is 1. The lowest BCUT2D eigenvalue weighted by molar-refractivity contribution is 0.184. The van der Waals surface area contributed by atoms with E-state index in [1.165, 1.54) is 48.6 Å². The summed E-state index contributed by atoms with van der Waals surface area (Å²) < 4.78 is 0. The van der Waals surface area contributed by atoms with Crippen LogP contribution in [0.5, 0.6) is 0 Å². The molecule has 0 bridgehead atoms. The van der Waals surface area contributed by atoms with E-state index in [9.17, 15) is 0 Å². The van der Waals surface area contributed by atoms with Gasteiger partial charge in [0.1, 0.15) is 0 Å². The van der Waals surface area contributed by atoms with Crippen LogP contribution in [0.15, 0.2) is 30.5 Å². The average Bonchev–Trinajstić information content (AvgIpc) is 3.00. The minimum Gasteiger partial charge on any atom is -0.361 e. The van der Waals surface area contributed by atoms with Crippen molar-refractivity contribution < 1.29 is 0 Å². The second-order valence-corrected chi connectivity index (χ2v) is 7.13. The Bertz CT molecular complexity index is 572. The predicted molar refractivity (Wildman–Crippen MR) is 102 cm³/mol. The molecule has 1 aromatic heterocycles. The Morgan fingerprint density at radius 3 is 2.61 bits per heavy atom. The molecule has 1 aromatic carbocycles. The van der Waals surface area contributed by atoms with Crippen molar-refractivity contribution in [2.75, 3.05) is 6.54 Å². The summed E-state index contributed by atoms with van der Waals surface area (Å²) in [5.41, 5.74) is 8.01. The van der Waals surface area contributed by atoms with Gasteiger partial charge in [0, 0.05) is 17.1 Å². The fraction of sp³-hybridized carbons (Fsp3) is 0.619. The van der Waals surface area contributed by atoms with Crippen LogP contribution in [0.3, 0.4) is 0 Å². The molecule has 2 nitrogen and oxygen atoms in total. The molecule has 3 rings (SSSR count). The maximum atomic E-state index is 5.50. The molecule has 3 N–H and O–H groups in total. The number of aromatic nitrogens is 1. The van der Waals surface area contributed by atoms with Gasteiger partial charge in [-0.05, 0) is 48.8 Å². The number of benzene rings is 1. The number of H-pyrrole nitrogens is 1. The number of nitrogens with one attached hydrogen (secondary N) is 1. The quantitative estimate of drug-likeness (QED) is 0.765. The summed E-state index contributed by atoms with van der Waals surface area (Å²) in [5.74, 6) is 3.09. The largest absolute Gasteiger partial charge is 0.361 e. The average molecular weight is 315 g/mol. The highest BCUT2D eigenvalue weighted by Gasteiger charge is 2.24. The van der Waals surface area contributed by atoms with Crippen LogP contribution >= 0.6 is 0 Å². The Labute approximate surface area is 141 Å². The molecule has 1 heterocycles. The van der Waals surface area contributed by atoms with Crippen molar-refractivity contribution in [1.29, 1.82) is 0 Å². The van der Waals surface area contributed by atoms with E-state index in [1.807, 2.05) is 12.3 Å². The van der Waals surface area contributed by atoms with E-state index in [1.54, 1.807) is 0 Å². The summed E-state index contributed by atoms with van der Waals surface area (Å²) in [6, 6.07) is 8.29. The molecule has 2 heteroatoms. The van der Waals surface area contributed by atoms with Crippen LogP contribution in [0.4, 0.5) is 0 Å². The third-order valence-corrected chi connectivity index (χ3v) is 5.66. The molecule has 0 amide bonds. The molecule has 2 aromatic rings. The van der Waals surface area contributed by atoms with Gasteiger partial charge in [-0.25, -0.2) is 0 Å². The minimum atomic E-state index is 0.710. The van der Waals surface area contributed by atoms with Gasteiger partial charge in [0.15, 0.2) is 0 Å². The van der Waals surface area contributed by atoms with Crippen LogP contribution in [-0.2, 0) is 6.42 Å². The van der Waals surface area contributed by atoms with Crippen molar-refractivity contribution in [1.82, 2.24) is 4.98 Å². The van der Waals surface area contributed by atoms with Gasteiger partial charge in [0.25, 0.3) is 0 Å². The highest BCUT2D eigenvalue weighted by atomic mass is 14.7. The van der Waals surface area contributed by atoms with Crippen LogP contribution in [0.25, 0.3) is 10.9 Å². The zero-order valence-corrected chi connectivity index (χ0v) is 15.1. The molecule has 1 aliphatic carbocycles. The van der Waals surface area contributed by atoms with E-state index in [4.69, 9.17) is 5.73 Å². The normalized spacial score (nSPS) is 24.3. The summed E-state index contributed by atoms with van der Waals surface area (Å²) in [4.78, 5) is 3.22. The van der Waals surface area contributed by atoms with Crippen LogP contribution < -0.4 is 5.73 Å². The Morgan fingerprint density at radius 2 is 1.91 bits per heavy atom. The fourth-order valence-electron chi connectivity index (χ4n) is 3.95. The van der Waals surface area contributed by atoms with Gasteiger partial charge in [-0.1, -0.05) is 64.7 Å². The van der Waals surface area contributed by atoms with Gasteiger partial charge >= 0.3 is 0 Å². The van der Waals surface area contributed by atoms with E-state index in [0.29, 0.717) is 6.54 Å². The Balaban J connectivity index is 0.000000168. The van der Waals surface area contributed by atoms with Crippen molar-refractivity contribution in [2.24, 2.45) is 23.5 Å². The van der Waals surface area contributed by atoms with Gasteiger partial charge in [0.05, 0.1) is 0 Å². The van der Waals surface area contributed by atoms with Crippen LogP contribution in [0, 0.1) is 17.8 Å². The van der Waals surface area contributed by atoms with Gasteiger partial charge < -0.3 is 10.7 Å². The van der Waals surface area contributed by atoms with Gasteiger partial charge in [-0.2, -0.15) is 0 Å². The van der Waals surface area contributed by atoms with Crippen molar-refractivity contribution in [3.63, 3.8) is 0 Å². The third-order valence-electron chi connectivity index (χ3n) is 5.66. The summed E-state index contributed by atoms with van der Waals surface area (Å²) in [6.45, 7) is 7.83. The maximum absolute atomic E-state index is 5.50. The monoisotopic (exact) mass is 314 g/mol. The number of nitrogens with two attached hydrogens (primary N) is 1. The second-order valence-electron chi connectivity index (χ2n) is 7.13.